The van der Waals surface area contributed by atoms with E-state index in [0.717, 1.165) is 18.4 Å². The Balaban J connectivity index is 0.00000225. The van der Waals surface area contributed by atoms with E-state index in [1.807, 2.05) is 13.0 Å². The van der Waals surface area contributed by atoms with Gasteiger partial charge in [-0.15, -0.1) is 12.4 Å². The van der Waals surface area contributed by atoms with Crippen molar-refractivity contribution in [2.45, 2.75) is 39.7 Å². The third-order valence-electron chi connectivity index (χ3n) is 2.61. The highest BCUT2D eigenvalue weighted by Crippen LogP contribution is 2.22. The zero-order chi connectivity index (χ0) is 11.4. The molecular weight excluding hydrogens is 225 g/mol. The fourth-order valence-electron chi connectivity index (χ4n) is 1.62. The van der Waals surface area contributed by atoms with Crippen LogP contribution in [-0.2, 0) is 0 Å². The Hall–Kier alpha value is -0.600. The Morgan fingerprint density at radius 1 is 1.25 bits per heavy atom. The van der Waals surface area contributed by atoms with E-state index in [0.29, 0.717) is 11.5 Å². The number of nitrogens with two attached hydrogens (primary N) is 1. The molecule has 2 N–H and O–H groups in total. The number of halogens is 2. The minimum absolute atomic E-state index is 0. The molecule has 0 amide bonds. The van der Waals surface area contributed by atoms with Crippen LogP contribution in [0.15, 0.2) is 18.2 Å². The predicted octanol–water partition coefficient (Wildman–Crippen LogP) is 3.99. The normalized spacial score (nSPS) is 12.4. The number of aryl methyl sites for hydroxylation is 1. The maximum Gasteiger partial charge on any atom is 0.127 e. The topological polar surface area (TPSA) is 26.0 Å². The van der Waals surface area contributed by atoms with Gasteiger partial charge < -0.3 is 5.73 Å². The standard InChI is InChI=1S/C13H20FN.ClH/c1-9(2)4-7-13(15)11-8-10(3)5-6-12(11)14;/h5-6,8-9,13H,4,7,15H2,1-3H3;1H/t13-;/m1./s1. The monoisotopic (exact) mass is 245 g/mol. The van der Waals surface area contributed by atoms with E-state index in [1.165, 1.54) is 6.07 Å². The van der Waals surface area contributed by atoms with Crippen LogP contribution in [0.2, 0.25) is 0 Å². The zero-order valence-electron chi connectivity index (χ0n) is 10.2. The van der Waals surface area contributed by atoms with E-state index >= 15 is 0 Å². The Morgan fingerprint density at radius 2 is 1.88 bits per heavy atom. The Labute approximate surface area is 104 Å². The van der Waals surface area contributed by atoms with Crippen molar-refractivity contribution in [2.24, 2.45) is 11.7 Å². The molecule has 0 radical (unpaired) electrons. The summed E-state index contributed by atoms with van der Waals surface area (Å²) in [5.74, 6) is 0.431. The van der Waals surface area contributed by atoms with Crippen LogP contribution in [0.25, 0.3) is 0 Å². The molecule has 0 aliphatic rings. The lowest BCUT2D eigenvalue weighted by Crippen LogP contribution is -2.13. The summed E-state index contributed by atoms with van der Waals surface area (Å²) < 4.78 is 13.5. The minimum atomic E-state index is -0.183. The van der Waals surface area contributed by atoms with E-state index < -0.39 is 0 Å². The van der Waals surface area contributed by atoms with Crippen molar-refractivity contribution in [1.82, 2.24) is 0 Å². The second-order valence-electron chi connectivity index (χ2n) is 4.60. The fraction of sp³-hybridized carbons (Fsp3) is 0.538. The summed E-state index contributed by atoms with van der Waals surface area (Å²) in [5, 5.41) is 0. The lowest BCUT2D eigenvalue weighted by atomic mass is 9.97. The van der Waals surface area contributed by atoms with Crippen LogP contribution in [0.3, 0.4) is 0 Å². The van der Waals surface area contributed by atoms with Gasteiger partial charge in [0.15, 0.2) is 0 Å². The van der Waals surface area contributed by atoms with Crippen LogP contribution in [0, 0.1) is 18.7 Å². The molecule has 92 valence electrons. The van der Waals surface area contributed by atoms with Gasteiger partial charge in [0, 0.05) is 11.6 Å². The van der Waals surface area contributed by atoms with Crippen molar-refractivity contribution in [3.05, 3.63) is 35.1 Å². The van der Waals surface area contributed by atoms with Crippen molar-refractivity contribution < 1.29 is 4.39 Å². The second kappa shape index (κ2) is 6.87. The summed E-state index contributed by atoms with van der Waals surface area (Å²) >= 11 is 0. The first-order chi connectivity index (χ1) is 7.00. The molecule has 0 unspecified atom stereocenters. The summed E-state index contributed by atoms with van der Waals surface area (Å²) in [4.78, 5) is 0. The summed E-state index contributed by atoms with van der Waals surface area (Å²) in [5.41, 5.74) is 7.68. The van der Waals surface area contributed by atoms with Gasteiger partial charge in [-0.2, -0.15) is 0 Å². The first kappa shape index (κ1) is 15.4. The molecule has 1 rings (SSSR count). The summed E-state index contributed by atoms with van der Waals surface area (Å²) in [6, 6.07) is 4.95. The highest BCUT2D eigenvalue weighted by molar-refractivity contribution is 5.85. The first-order valence-corrected chi connectivity index (χ1v) is 5.52. The molecular formula is C13H21ClFN. The summed E-state index contributed by atoms with van der Waals surface area (Å²) in [6.07, 6.45) is 1.88. The van der Waals surface area contributed by atoms with Crippen LogP contribution in [0.1, 0.15) is 43.9 Å². The lowest BCUT2D eigenvalue weighted by molar-refractivity contribution is 0.491. The van der Waals surface area contributed by atoms with Gasteiger partial charge in [-0.05, 0) is 31.7 Å². The van der Waals surface area contributed by atoms with Gasteiger partial charge in [-0.3, -0.25) is 0 Å². The van der Waals surface area contributed by atoms with Crippen LogP contribution in [0.4, 0.5) is 4.39 Å². The Morgan fingerprint density at radius 3 is 2.44 bits per heavy atom. The van der Waals surface area contributed by atoms with E-state index in [-0.39, 0.29) is 24.3 Å². The lowest BCUT2D eigenvalue weighted by Gasteiger charge is -2.14. The van der Waals surface area contributed by atoms with Gasteiger partial charge in [0.2, 0.25) is 0 Å². The van der Waals surface area contributed by atoms with E-state index in [2.05, 4.69) is 13.8 Å². The third kappa shape index (κ3) is 4.50. The van der Waals surface area contributed by atoms with Crippen LogP contribution < -0.4 is 5.73 Å². The number of rotatable bonds is 4. The maximum absolute atomic E-state index is 13.5. The molecule has 0 heterocycles. The molecule has 0 saturated heterocycles. The second-order valence-corrected chi connectivity index (χ2v) is 4.60. The van der Waals surface area contributed by atoms with E-state index in [9.17, 15) is 4.39 Å². The van der Waals surface area contributed by atoms with Gasteiger partial charge in [0.1, 0.15) is 5.82 Å². The highest BCUT2D eigenvalue weighted by atomic mass is 35.5. The largest absolute Gasteiger partial charge is 0.324 e. The van der Waals surface area contributed by atoms with E-state index in [1.54, 1.807) is 6.07 Å². The Kier molecular flexibility index (Phi) is 6.61. The molecule has 0 bridgehead atoms. The van der Waals surface area contributed by atoms with Gasteiger partial charge in [-0.1, -0.05) is 31.5 Å². The number of hydrogen-bond donors (Lipinski definition) is 1. The van der Waals surface area contributed by atoms with Gasteiger partial charge >= 0.3 is 0 Å². The molecule has 1 atom stereocenters. The highest BCUT2D eigenvalue weighted by Gasteiger charge is 2.11. The zero-order valence-corrected chi connectivity index (χ0v) is 11.0. The van der Waals surface area contributed by atoms with Crippen molar-refractivity contribution >= 4 is 12.4 Å². The summed E-state index contributed by atoms with van der Waals surface area (Å²) in [7, 11) is 0. The fourth-order valence-corrected chi connectivity index (χ4v) is 1.62. The molecule has 3 heteroatoms. The third-order valence-corrected chi connectivity index (χ3v) is 2.61. The Bertz CT molecular complexity index is 326. The molecule has 1 aromatic rings. The molecule has 0 aromatic heterocycles. The average Bonchev–Trinajstić information content (AvgIpc) is 2.18. The average molecular weight is 246 g/mol. The van der Waals surface area contributed by atoms with Crippen LogP contribution >= 0.6 is 12.4 Å². The maximum atomic E-state index is 13.5. The van der Waals surface area contributed by atoms with Crippen LogP contribution in [-0.4, -0.2) is 0 Å². The van der Waals surface area contributed by atoms with Gasteiger partial charge in [0.25, 0.3) is 0 Å². The van der Waals surface area contributed by atoms with Crippen molar-refractivity contribution in [3.63, 3.8) is 0 Å². The quantitative estimate of drug-likeness (QED) is 0.853. The number of hydrogen-bond acceptors (Lipinski definition) is 1. The summed E-state index contributed by atoms with van der Waals surface area (Å²) in [6.45, 7) is 6.26. The molecule has 0 fully saturated rings. The molecule has 1 aromatic carbocycles. The van der Waals surface area contributed by atoms with Crippen molar-refractivity contribution in [3.8, 4) is 0 Å². The molecule has 0 aliphatic carbocycles. The molecule has 0 aliphatic heterocycles. The van der Waals surface area contributed by atoms with Crippen LogP contribution in [0.5, 0.6) is 0 Å². The minimum Gasteiger partial charge on any atom is -0.324 e. The first-order valence-electron chi connectivity index (χ1n) is 5.52. The SMILES string of the molecule is Cc1ccc(F)c([C@H](N)CCC(C)C)c1.Cl. The predicted molar refractivity (Wildman–Crippen MR) is 69.4 cm³/mol. The van der Waals surface area contributed by atoms with E-state index in [4.69, 9.17) is 5.73 Å². The molecule has 1 nitrogen and oxygen atoms in total. The number of benzene rings is 1. The molecule has 0 spiro atoms. The molecule has 0 saturated carbocycles. The van der Waals surface area contributed by atoms with Crippen molar-refractivity contribution in [1.29, 1.82) is 0 Å². The van der Waals surface area contributed by atoms with Crippen molar-refractivity contribution in [2.75, 3.05) is 0 Å². The van der Waals surface area contributed by atoms with Gasteiger partial charge in [-0.25, -0.2) is 4.39 Å². The van der Waals surface area contributed by atoms with Gasteiger partial charge in [0.05, 0.1) is 0 Å². The smallest absolute Gasteiger partial charge is 0.127 e. The molecule has 16 heavy (non-hydrogen) atoms.